The second kappa shape index (κ2) is 7.38. The van der Waals surface area contributed by atoms with Gasteiger partial charge in [-0.15, -0.1) is 0 Å². The van der Waals surface area contributed by atoms with E-state index in [4.69, 9.17) is 4.74 Å². The van der Waals surface area contributed by atoms with E-state index in [1.54, 1.807) is 17.3 Å². The van der Waals surface area contributed by atoms with Gasteiger partial charge in [0.15, 0.2) is 0 Å². The number of rotatable bonds is 3. The first-order valence-corrected chi connectivity index (χ1v) is 9.22. The second-order valence-corrected chi connectivity index (χ2v) is 8.30. The third-order valence-electron chi connectivity index (χ3n) is 3.61. The Bertz CT molecular complexity index is 586. The van der Waals surface area contributed by atoms with Gasteiger partial charge in [0.2, 0.25) is 0 Å². The zero-order valence-corrected chi connectivity index (χ0v) is 15.1. The molecule has 1 aliphatic rings. The molecule has 1 aromatic heterocycles. The predicted octanol–water partition coefficient (Wildman–Crippen LogP) is 2.54. The molecule has 0 spiro atoms. The number of aryl methyl sites for hydroxylation is 1. The van der Waals surface area contributed by atoms with E-state index in [0.29, 0.717) is 29.6 Å². The number of hydrogen-bond donors (Lipinski definition) is 0. The summed E-state index contributed by atoms with van der Waals surface area (Å²) in [6.07, 6.45) is 4.74. The summed E-state index contributed by atoms with van der Waals surface area (Å²) >= 11 is 0. The van der Waals surface area contributed by atoms with Crippen LogP contribution >= 0.6 is 0 Å². The summed E-state index contributed by atoms with van der Waals surface area (Å²) in [6.45, 7) is 8.67. The minimum Gasteiger partial charge on any atom is -0.444 e. The highest BCUT2D eigenvalue weighted by atomic mass is 32.2. The van der Waals surface area contributed by atoms with Crippen LogP contribution in [0.15, 0.2) is 17.4 Å². The molecule has 1 saturated heterocycles. The third kappa shape index (κ3) is 5.27. The van der Waals surface area contributed by atoms with Crippen molar-refractivity contribution in [1.29, 1.82) is 0 Å². The number of aromatic nitrogens is 2. The lowest BCUT2D eigenvalue weighted by atomic mass is 10.0. The SMILES string of the molecule is Cc1nccnc1[S@@](=O)C[C@H]1CCCN(C(=O)OC(C)(C)C)C1. The van der Waals surface area contributed by atoms with E-state index < -0.39 is 16.4 Å². The molecule has 1 amide bonds. The van der Waals surface area contributed by atoms with Gasteiger partial charge in [0, 0.05) is 31.2 Å². The third-order valence-corrected chi connectivity index (χ3v) is 5.22. The maximum absolute atomic E-state index is 12.5. The molecule has 0 N–H and O–H groups in total. The highest BCUT2D eigenvalue weighted by molar-refractivity contribution is 7.85. The molecule has 2 rings (SSSR count). The van der Waals surface area contributed by atoms with Crippen LogP contribution in [0, 0.1) is 12.8 Å². The van der Waals surface area contributed by atoms with E-state index in [9.17, 15) is 9.00 Å². The maximum Gasteiger partial charge on any atom is 0.410 e. The average Bonchev–Trinajstić information content (AvgIpc) is 2.46. The molecule has 0 saturated carbocycles. The number of carbonyl (C=O) groups is 1. The van der Waals surface area contributed by atoms with Crippen LogP contribution < -0.4 is 0 Å². The Morgan fingerprint density at radius 2 is 2.09 bits per heavy atom. The number of ether oxygens (including phenoxy) is 1. The Hall–Kier alpha value is -1.50. The lowest BCUT2D eigenvalue weighted by Gasteiger charge is -2.33. The van der Waals surface area contributed by atoms with Crippen LogP contribution in [-0.4, -0.2) is 49.6 Å². The molecule has 7 heteroatoms. The molecule has 0 aliphatic carbocycles. The number of amides is 1. The van der Waals surface area contributed by atoms with Crippen molar-refractivity contribution in [1.82, 2.24) is 14.9 Å². The van der Waals surface area contributed by atoms with Crippen LogP contribution in [0.3, 0.4) is 0 Å². The van der Waals surface area contributed by atoms with Crippen LogP contribution in [0.1, 0.15) is 39.3 Å². The quantitative estimate of drug-likeness (QED) is 0.846. The Balaban J connectivity index is 1.95. The zero-order valence-electron chi connectivity index (χ0n) is 14.2. The summed E-state index contributed by atoms with van der Waals surface area (Å²) in [5.74, 6) is 0.692. The fraction of sp³-hybridized carbons (Fsp3) is 0.688. The molecular weight excluding hydrogens is 314 g/mol. The van der Waals surface area contributed by atoms with Gasteiger partial charge in [0.1, 0.15) is 10.6 Å². The standard InChI is InChI=1S/C16H25N3O3S/c1-12-14(18-8-7-17-12)23(21)11-13-6-5-9-19(10-13)15(20)22-16(2,3)4/h7-8,13H,5-6,9-11H2,1-4H3/t13-,23-/m0/s1. The van der Waals surface area contributed by atoms with E-state index in [1.165, 1.54) is 0 Å². The molecule has 0 radical (unpaired) electrons. The Morgan fingerprint density at radius 1 is 1.39 bits per heavy atom. The summed E-state index contributed by atoms with van der Waals surface area (Å²) < 4.78 is 17.9. The molecule has 2 atom stereocenters. The molecule has 23 heavy (non-hydrogen) atoms. The van der Waals surface area contributed by atoms with E-state index in [0.717, 1.165) is 12.8 Å². The highest BCUT2D eigenvalue weighted by Crippen LogP contribution is 2.21. The number of nitrogens with zero attached hydrogens (tertiary/aromatic N) is 3. The molecule has 1 aromatic rings. The van der Waals surface area contributed by atoms with Crippen molar-refractivity contribution in [3.8, 4) is 0 Å². The van der Waals surface area contributed by atoms with Crippen molar-refractivity contribution in [2.45, 2.75) is 51.2 Å². The first kappa shape index (κ1) is 17.8. The Labute approximate surface area is 140 Å². The highest BCUT2D eigenvalue weighted by Gasteiger charge is 2.29. The van der Waals surface area contributed by atoms with Gasteiger partial charge in [-0.25, -0.2) is 9.78 Å². The minimum atomic E-state index is -1.19. The van der Waals surface area contributed by atoms with Crippen LogP contribution in [0.4, 0.5) is 4.79 Å². The van der Waals surface area contributed by atoms with Gasteiger partial charge in [0.05, 0.1) is 16.5 Å². The fourth-order valence-corrected chi connectivity index (χ4v) is 4.02. The zero-order chi connectivity index (χ0) is 17.0. The summed E-state index contributed by atoms with van der Waals surface area (Å²) in [4.78, 5) is 22.2. The van der Waals surface area contributed by atoms with Crippen molar-refractivity contribution in [3.05, 3.63) is 18.1 Å². The molecule has 2 heterocycles. The molecule has 0 aromatic carbocycles. The number of likely N-dealkylation sites (tertiary alicyclic amines) is 1. The second-order valence-electron chi connectivity index (χ2n) is 6.89. The van der Waals surface area contributed by atoms with Crippen molar-refractivity contribution in [3.63, 3.8) is 0 Å². The van der Waals surface area contributed by atoms with Gasteiger partial charge < -0.3 is 9.64 Å². The van der Waals surface area contributed by atoms with Crippen molar-refractivity contribution < 1.29 is 13.7 Å². The van der Waals surface area contributed by atoms with Crippen molar-refractivity contribution in [2.75, 3.05) is 18.8 Å². The van der Waals surface area contributed by atoms with Gasteiger partial charge in [0.25, 0.3) is 0 Å². The van der Waals surface area contributed by atoms with Crippen molar-refractivity contribution in [2.24, 2.45) is 5.92 Å². The van der Waals surface area contributed by atoms with Gasteiger partial charge in [-0.1, -0.05) is 0 Å². The van der Waals surface area contributed by atoms with Gasteiger partial charge in [-0.05, 0) is 46.5 Å². The van der Waals surface area contributed by atoms with Gasteiger partial charge in [-0.3, -0.25) is 9.19 Å². The Morgan fingerprint density at radius 3 is 2.74 bits per heavy atom. The van der Waals surface area contributed by atoms with Crippen LogP contribution in [-0.2, 0) is 15.5 Å². The van der Waals surface area contributed by atoms with Crippen LogP contribution in [0.2, 0.25) is 0 Å². The molecule has 6 nitrogen and oxygen atoms in total. The summed E-state index contributed by atoms with van der Waals surface area (Å²) in [6, 6.07) is 0. The van der Waals surface area contributed by atoms with Crippen LogP contribution in [0.25, 0.3) is 0 Å². The molecule has 0 bridgehead atoms. The van der Waals surface area contributed by atoms with Crippen molar-refractivity contribution >= 4 is 16.9 Å². The number of hydrogen-bond acceptors (Lipinski definition) is 5. The number of piperidine rings is 1. The fourth-order valence-electron chi connectivity index (χ4n) is 2.60. The average molecular weight is 339 g/mol. The topological polar surface area (TPSA) is 72.4 Å². The largest absolute Gasteiger partial charge is 0.444 e. The lowest BCUT2D eigenvalue weighted by Crippen LogP contribution is -2.44. The molecule has 0 unspecified atom stereocenters. The Kier molecular flexibility index (Phi) is 5.73. The summed E-state index contributed by atoms with van der Waals surface area (Å²) in [5, 5.41) is 0.543. The summed E-state index contributed by atoms with van der Waals surface area (Å²) in [5.41, 5.74) is 0.203. The number of carbonyl (C=O) groups excluding carboxylic acids is 1. The van der Waals surface area contributed by atoms with Gasteiger partial charge >= 0.3 is 6.09 Å². The van der Waals surface area contributed by atoms with E-state index in [2.05, 4.69) is 9.97 Å². The monoisotopic (exact) mass is 339 g/mol. The van der Waals surface area contributed by atoms with E-state index in [-0.39, 0.29) is 12.0 Å². The molecule has 1 aliphatic heterocycles. The first-order chi connectivity index (χ1) is 10.8. The smallest absolute Gasteiger partial charge is 0.410 e. The maximum atomic E-state index is 12.5. The normalized spacial score (nSPS) is 20.2. The van der Waals surface area contributed by atoms with E-state index >= 15 is 0 Å². The summed E-state index contributed by atoms with van der Waals surface area (Å²) in [7, 11) is -1.19. The van der Waals surface area contributed by atoms with Gasteiger partial charge in [-0.2, -0.15) is 0 Å². The molecule has 128 valence electrons. The minimum absolute atomic E-state index is 0.193. The lowest BCUT2D eigenvalue weighted by molar-refractivity contribution is 0.0176. The first-order valence-electron chi connectivity index (χ1n) is 7.90. The molecular formula is C16H25N3O3S. The van der Waals surface area contributed by atoms with Crippen LogP contribution in [0.5, 0.6) is 0 Å². The van der Waals surface area contributed by atoms with E-state index in [1.807, 2.05) is 27.7 Å². The molecule has 1 fully saturated rings. The predicted molar refractivity (Wildman–Crippen MR) is 88.6 cm³/mol.